The second-order valence-corrected chi connectivity index (χ2v) is 4.75. The Balaban J connectivity index is 1.94. The highest BCUT2D eigenvalue weighted by Gasteiger charge is 2.02. The predicted octanol–water partition coefficient (Wildman–Crippen LogP) is 3.14. The van der Waals surface area contributed by atoms with Crippen molar-refractivity contribution in [2.45, 2.75) is 26.7 Å². The van der Waals surface area contributed by atoms with E-state index in [1.54, 1.807) is 6.20 Å². The minimum atomic E-state index is 0.841. The summed E-state index contributed by atoms with van der Waals surface area (Å²) in [5.74, 6) is 1.73. The number of aryl methyl sites for hydroxylation is 4. The van der Waals surface area contributed by atoms with E-state index in [1.807, 2.05) is 18.3 Å². The first kappa shape index (κ1) is 9.46. The molecule has 0 bridgehead atoms. The van der Waals surface area contributed by atoms with Crippen LogP contribution in [-0.4, -0.2) is 4.98 Å². The monoisotopic (exact) mass is 207 g/mol. The second kappa shape index (κ2) is 3.96. The largest absolute Gasteiger partial charge is 0.446 e. The smallest absolute Gasteiger partial charge is 0.194 e. The van der Waals surface area contributed by atoms with Gasteiger partial charge in [-0.25, -0.2) is 4.98 Å². The van der Waals surface area contributed by atoms with E-state index in [1.165, 1.54) is 9.75 Å². The van der Waals surface area contributed by atoms with Gasteiger partial charge in [-0.2, -0.15) is 0 Å². The Hall–Kier alpha value is -1.09. The first-order valence-corrected chi connectivity index (χ1v) is 5.52. The predicted molar refractivity (Wildman–Crippen MR) is 57.7 cm³/mol. The van der Waals surface area contributed by atoms with Crippen LogP contribution in [0.4, 0.5) is 0 Å². The topological polar surface area (TPSA) is 26.0 Å². The summed E-state index contributed by atoms with van der Waals surface area (Å²) in [7, 11) is 0. The number of rotatable bonds is 3. The van der Waals surface area contributed by atoms with E-state index >= 15 is 0 Å². The molecule has 0 unspecified atom stereocenters. The van der Waals surface area contributed by atoms with Gasteiger partial charge >= 0.3 is 0 Å². The van der Waals surface area contributed by atoms with Crippen LogP contribution in [0.2, 0.25) is 0 Å². The summed E-state index contributed by atoms with van der Waals surface area (Å²) < 4.78 is 5.41. The molecule has 3 heteroatoms. The quantitative estimate of drug-likeness (QED) is 0.772. The molecule has 0 saturated carbocycles. The molecule has 0 N–H and O–H groups in total. The lowest BCUT2D eigenvalue weighted by atomic mass is 10.2. The number of nitrogens with zero attached hydrogens (tertiary/aromatic N) is 1. The van der Waals surface area contributed by atoms with Crippen molar-refractivity contribution in [1.82, 2.24) is 4.98 Å². The van der Waals surface area contributed by atoms with Gasteiger partial charge in [-0.15, -0.1) is 11.3 Å². The van der Waals surface area contributed by atoms with Crippen LogP contribution in [-0.2, 0) is 12.8 Å². The van der Waals surface area contributed by atoms with Crippen molar-refractivity contribution in [3.63, 3.8) is 0 Å². The second-order valence-electron chi connectivity index (χ2n) is 3.38. The van der Waals surface area contributed by atoms with Gasteiger partial charge in [0.05, 0.1) is 6.20 Å². The van der Waals surface area contributed by atoms with Crippen LogP contribution < -0.4 is 0 Å². The molecule has 0 saturated heterocycles. The third-order valence-corrected chi connectivity index (χ3v) is 3.11. The highest BCUT2D eigenvalue weighted by Crippen LogP contribution is 2.17. The molecule has 0 aromatic carbocycles. The Bertz CT molecular complexity index is 376. The molecule has 2 nitrogen and oxygen atoms in total. The molecule has 0 aliphatic heterocycles. The van der Waals surface area contributed by atoms with Crippen molar-refractivity contribution in [2.75, 3.05) is 0 Å². The SMILES string of the molecule is Cc1cnc(CCc2ccc(C)s2)o1. The van der Waals surface area contributed by atoms with Crippen LogP contribution in [0.3, 0.4) is 0 Å². The molecule has 74 valence electrons. The average molecular weight is 207 g/mol. The number of aromatic nitrogens is 1. The fourth-order valence-electron chi connectivity index (χ4n) is 1.37. The fourth-order valence-corrected chi connectivity index (χ4v) is 2.26. The molecule has 0 aliphatic rings. The number of oxazole rings is 1. The van der Waals surface area contributed by atoms with Gasteiger partial charge in [0.2, 0.25) is 0 Å². The Morgan fingerprint density at radius 2 is 2.14 bits per heavy atom. The van der Waals surface area contributed by atoms with Crippen molar-refractivity contribution in [1.29, 1.82) is 0 Å². The van der Waals surface area contributed by atoms with Crippen molar-refractivity contribution >= 4 is 11.3 Å². The summed E-state index contributed by atoms with van der Waals surface area (Å²) in [5, 5.41) is 0. The Kier molecular flexibility index (Phi) is 2.68. The number of hydrogen-bond donors (Lipinski definition) is 0. The summed E-state index contributed by atoms with van der Waals surface area (Å²) in [4.78, 5) is 6.94. The first-order chi connectivity index (χ1) is 6.74. The normalized spacial score (nSPS) is 10.7. The van der Waals surface area contributed by atoms with E-state index in [0.717, 1.165) is 24.5 Å². The standard InChI is InChI=1S/C11H13NOS/c1-8-7-12-11(13-8)6-5-10-4-3-9(2)14-10/h3-4,7H,5-6H2,1-2H3. The lowest BCUT2D eigenvalue weighted by molar-refractivity contribution is 0.471. The van der Waals surface area contributed by atoms with Crippen molar-refractivity contribution < 1.29 is 4.42 Å². The Morgan fingerprint density at radius 1 is 1.29 bits per heavy atom. The maximum absolute atomic E-state index is 5.41. The molecule has 0 fully saturated rings. The number of thiophene rings is 1. The summed E-state index contributed by atoms with van der Waals surface area (Å²) in [5.41, 5.74) is 0. The third-order valence-electron chi connectivity index (χ3n) is 2.05. The van der Waals surface area contributed by atoms with E-state index in [0.29, 0.717) is 0 Å². The molecule has 2 heterocycles. The molecule has 2 rings (SSSR count). The minimum Gasteiger partial charge on any atom is -0.446 e. The zero-order valence-electron chi connectivity index (χ0n) is 8.41. The summed E-state index contributed by atoms with van der Waals surface area (Å²) >= 11 is 1.84. The summed E-state index contributed by atoms with van der Waals surface area (Å²) in [6, 6.07) is 4.33. The van der Waals surface area contributed by atoms with Crippen molar-refractivity contribution in [2.24, 2.45) is 0 Å². The van der Waals surface area contributed by atoms with Gasteiger partial charge in [-0.05, 0) is 32.4 Å². The molecule has 0 spiro atoms. The minimum absolute atomic E-state index is 0.841. The maximum Gasteiger partial charge on any atom is 0.194 e. The van der Waals surface area contributed by atoms with Gasteiger partial charge in [0.15, 0.2) is 5.89 Å². The van der Waals surface area contributed by atoms with Crippen molar-refractivity contribution in [3.05, 3.63) is 39.7 Å². The zero-order chi connectivity index (χ0) is 9.97. The van der Waals surface area contributed by atoms with Crippen LogP contribution in [0.25, 0.3) is 0 Å². The maximum atomic E-state index is 5.41. The Morgan fingerprint density at radius 3 is 2.71 bits per heavy atom. The van der Waals surface area contributed by atoms with Gasteiger partial charge in [-0.3, -0.25) is 0 Å². The molecule has 0 atom stereocenters. The number of hydrogen-bond acceptors (Lipinski definition) is 3. The summed E-state index contributed by atoms with van der Waals surface area (Å²) in [6.07, 6.45) is 3.70. The van der Waals surface area contributed by atoms with E-state index in [9.17, 15) is 0 Å². The molecular formula is C11H13NOS. The lowest BCUT2D eigenvalue weighted by Gasteiger charge is -1.92. The van der Waals surface area contributed by atoms with E-state index in [4.69, 9.17) is 4.42 Å². The molecule has 14 heavy (non-hydrogen) atoms. The van der Waals surface area contributed by atoms with Crippen LogP contribution in [0.15, 0.2) is 22.7 Å². The van der Waals surface area contributed by atoms with Crippen LogP contribution in [0.5, 0.6) is 0 Å². The van der Waals surface area contributed by atoms with Gasteiger partial charge in [0.1, 0.15) is 5.76 Å². The third kappa shape index (κ3) is 2.23. The fraction of sp³-hybridized carbons (Fsp3) is 0.364. The highest BCUT2D eigenvalue weighted by molar-refractivity contribution is 7.11. The first-order valence-electron chi connectivity index (χ1n) is 4.70. The van der Waals surface area contributed by atoms with Crippen LogP contribution in [0.1, 0.15) is 21.4 Å². The zero-order valence-corrected chi connectivity index (χ0v) is 9.23. The molecule has 0 aliphatic carbocycles. The van der Waals surface area contributed by atoms with Crippen molar-refractivity contribution in [3.8, 4) is 0 Å². The van der Waals surface area contributed by atoms with E-state index in [-0.39, 0.29) is 0 Å². The van der Waals surface area contributed by atoms with Crippen LogP contribution >= 0.6 is 11.3 Å². The van der Waals surface area contributed by atoms with Crippen LogP contribution in [0, 0.1) is 13.8 Å². The van der Waals surface area contributed by atoms with E-state index < -0.39 is 0 Å². The average Bonchev–Trinajstić information content (AvgIpc) is 2.72. The Labute approximate surface area is 87.6 Å². The highest BCUT2D eigenvalue weighted by atomic mass is 32.1. The van der Waals surface area contributed by atoms with Gasteiger partial charge in [0.25, 0.3) is 0 Å². The molecule has 2 aromatic rings. The molecule has 0 amide bonds. The van der Waals surface area contributed by atoms with Gasteiger partial charge in [0, 0.05) is 16.2 Å². The summed E-state index contributed by atoms with van der Waals surface area (Å²) in [6.45, 7) is 4.05. The molecular weight excluding hydrogens is 194 g/mol. The molecule has 2 aromatic heterocycles. The van der Waals surface area contributed by atoms with Gasteiger partial charge in [-0.1, -0.05) is 0 Å². The lowest BCUT2D eigenvalue weighted by Crippen LogP contribution is -1.87. The van der Waals surface area contributed by atoms with E-state index in [2.05, 4.69) is 24.0 Å². The van der Waals surface area contributed by atoms with Gasteiger partial charge < -0.3 is 4.42 Å². The molecule has 0 radical (unpaired) electrons.